The first-order chi connectivity index (χ1) is 11.6. The average Bonchev–Trinajstić information content (AvgIpc) is 3.41. The van der Waals surface area contributed by atoms with Crippen molar-refractivity contribution in [2.45, 2.75) is 25.8 Å². The number of carbonyl (C=O) groups is 2. The van der Waals surface area contributed by atoms with Gasteiger partial charge in [0.25, 0.3) is 0 Å². The van der Waals surface area contributed by atoms with Crippen LogP contribution >= 0.6 is 0 Å². The Labute approximate surface area is 141 Å². The molecule has 2 aromatic rings. The normalized spacial score (nSPS) is 14.5. The van der Waals surface area contributed by atoms with Crippen LogP contribution in [0.5, 0.6) is 0 Å². The number of benzene rings is 2. The third-order valence-electron chi connectivity index (χ3n) is 3.90. The standard InChI is InChI=1S/C19H21N3O2/c1-13(18(23)21-15-6-3-2-4-7-15)20-16-8-5-9-17(12-16)22-19(24)14-10-11-14/h2-9,12-14,20H,10-11H2,1H3,(H,21,23)(H,22,24)/t13-/m1/s1. The fourth-order valence-electron chi connectivity index (χ4n) is 2.36. The third-order valence-corrected chi connectivity index (χ3v) is 3.90. The fraction of sp³-hybridized carbons (Fsp3) is 0.263. The maximum atomic E-state index is 12.2. The maximum Gasteiger partial charge on any atom is 0.246 e. The van der Waals surface area contributed by atoms with Gasteiger partial charge in [-0.15, -0.1) is 0 Å². The van der Waals surface area contributed by atoms with E-state index in [2.05, 4.69) is 16.0 Å². The van der Waals surface area contributed by atoms with Gasteiger partial charge >= 0.3 is 0 Å². The highest BCUT2D eigenvalue weighted by molar-refractivity contribution is 5.97. The molecule has 2 amide bonds. The van der Waals surface area contributed by atoms with Gasteiger partial charge < -0.3 is 16.0 Å². The number of nitrogens with one attached hydrogen (secondary N) is 3. The van der Waals surface area contributed by atoms with Crippen LogP contribution in [0.15, 0.2) is 54.6 Å². The first-order valence-electron chi connectivity index (χ1n) is 8.15. The van der Waals surface area contributed by atoms with Crippen LogP contribution in [0.2, 0.25) is 0 Å². The Balaban J connectivity index is 1.58. The Morgan fingerprint density at radius 2 is 1.58 bits per heavy atom. The molecule has 3 N–H and O–H groups in total. The van der Waals surface area contributed by atoms with Crippen LogP contribution < -0.4 is 16.0 Å². The largest absolute Gasteiger partial charge is 0.374 e. The van der Waals surface area contributed by atoms with Gasteiger partial charge in [0.2, 0.25) is 11.8 Å². The molecular formula is C19H21N3O2. The van der Waals surface area contributed by atoms with Crippen LogP contribution in [-0.4, -0.2) is 17.9 Å². The number of hydrogen-bond donors (Lipinski definition) is 3. The number of amides is 2. The van der Waals surface area contributed by atoms with Crippen molar-refractivity contribution in [3.05, 3.63) is 54.6 Å². The molecule has 0 saturated heterocycles. The summed E-state index contributed by atoms with van der Waals surface area (Å²) in [6.45, 7) is 1.80. The lowest BCUT2D eigenvalue weighted by molar-refractivity contribution is -0.117. The second kappa shape index (κ2) is 7.17. The Hall–Kier alpha value is -2.82. The van der Waals surface area contributed by atoms with Crippen LogP contribution in [0.1, 0.15) is 19.8 Å². The predicted octanol–water partition coefficient (Wildman–Crippen LogP) is 3.47. The summed E-state index contributed by atoms with van der Waals surface area (Å²) in [5, 5.41) is 8.92. The smallest absolute Gasteiger partial charge is 0.246 e. The number of para-hydroxylation sites is 1. The lowest BCUT2D eigenvalue weighted by Gasteiger charge is -2.16. The number of carbonyl (C=O) groups excluding carboxylic acids is 2. The maximum absolute atomic E-state index is 12.2. The number of rotatable bonds is 6. The fourth-order valence-corrected chi connectivity index (χ4v) is 2.36. The molecule has 0 spiro atoms. The summed E-state index contributed by atoms with van der Waals surface area (Å²) in [6.07, 6.45) is 1.95. The van der Waals surface area contributed by atoms with Gasteiger partial charge in [-0.2, -0.15) is 0 Å². The minimum Gasteiger partial charge on any atom is -0.374 e. The van der Waals surface area contributed by atoms with Gasteiger partial charge in [0.15, 0.2) is 0 Å². The molecule has 5 nitrogen and oxygen atoms in total. The monoisotopic (exact) mass is 323 g/mol. The Morgan fingerprint density at radius 1 is 0.917 bits per heavy atom. The molecule has 3 rings (SSSR count). The van der Waals surface area contributed by atoms with Gasteiger partial charge in [0, 0.05) is 23.0 Å². The van der Waals surface area contributed by atoms with Crippen molar-refractivity contribution in [3.63, 3.8) is 0 Å². The molecule has 0 unspecified atom stereocenters. The van der Waals surface area contributed by atoms with Crippen LogP contribution in [0.25, 0.3) is 0 Å². The molecular weight excluding hydrogens is 302 g/mol. The number of hydrogen-bond acceptors (Lipinski definition) is 3. The van der Waals surface area contributed by atoms with E-state index in [0.717, 1.165) is 29.9 Å². The Kier molecular flexibility index (Phi) is 4.79. The molecule has 0 heterocycles. The average molecular weight is 323 g/mol. The highest BCUT2D eigenvalue weighted by Crippen LogP contribution is 2.30. The zero-order chi connectivity index (χ0) is 16.9. The van der Waals surface area contributed by atoms with Gasteiger partial charge in [0.05, 0.1) is 0 Å². The second-order valence-corrected chi connectivity index (χ2v) is 6.07. The van der Waals surface area contributed by atoms with E-state index in [9.17, 15) is 9.59 Å². The van der Waals surface area contributed by atoms with E-state index in [1.54, 1.807) is 6.92 Å². The minimum absolute atomic E-state index is 0.0713. The van der Waals surface area contributed by atoms with Crippen molar-refractivity contribution in [1.29, 1.82) is 0 Å². The van der Waals surface area contributed by atoms with E-state index in [0.29, 0.717) is 0 Å². The molecule has 1 saturated carbocycles. The minimum atomic E-state index is -0.403. The predicted molar refractivity (Wildman–Crippen MR) is 96.0 cm³/mol. The molecule has 0 aromatic heterocycles. The zero-order valence-corrected chi connectivity index (χ0v) is 13.6. The summed E-state index contributed by atoms with van der Waals surface area (Å²) in [5.74, 6) is 0.118. The summed E-state index contributed by atoms with van der Waals surface area (Å²) in [4.78, 5) is 24.1. The molecule has 2 aromatic carbocycles. The van der Waals surface area contributed by atoms with Gasteiger partial charge in [-0.3, -0.25) is 9.59 Å². The van der Waals surface area contributed by atoms with E-state index in [1.807, 2.05) is 54.6 Å². The summed E-state index contributed by atoms with van der Waals surface area (Å²) in [6, 6.07) is 16.4. The highest BCUT2D eigenvalue weighted by atomic mass is 16.2. The molecule has 1 aliphatic rings. The molecule has 24 heavy (non-hydrogen) atoms. The molecule has 0 radical (unpaired) electrons. The van der Waals surface area contributed by atoms with Crippen molar-refractivity contribution in [3.8, 4) is 0 Å². The zero-order valence-electron chi connectivity index (χ0n) is 13.6. The molecule has 5 heteroatoms. The first kappa shape index (κ1) is 16.1. The van der Waals surface area contributed by atoms with E-state index in [1.165, 1.54) is 0 Å². The van der Waals surface area contributed by atoms with Crippen molar-refractivity contribution >= 4 is 28.9 Å². The first-order valence-corrected chi connectivity index (χ1v) is 8.15. The molecule has 1 fully saturated rings. The molecule has 1 atom stereocenters. The van der Waals surface area contributed by atoms with Crippen LogP contribution in [-0.2, 0) is 9.59 Å². The highest BCUT2D eigenvalue weighted by Gasteiger charge is 2.29. The van der Waals surface area contributed by atoms with Crippen molar-refractivity contribution in [2.24, 2.45) is 5.92 Å². The van der Waals surface area contributed by atoms with Crippen molar-refractivity contribution in [1.82, 2.24) is 0 Å². The lowest BCUT2D eigenvalue weighted by atomic mass is 10.2. The SMILES string of the molecule is C[C@@H](Nc1cccc(NC(=O)C2CC2)c1)C(=O)Nc1ccccc1. The Bertz CT molecular complexity index is 726. The van der Waals surface area contributed by atoms with Gasteiger partial charge in [-0.1, -0.05) is 24.3 Å². The quantitative estimate of drug-likeness (QED) is 0.762. The second-order valence-electron chi connectivity index (χ2n) is 6.07. The summed E-state index contributed by atoms with van der Waals surface area (Å²) < 4.78 is 0. The summed E-state index contributed by atoms with van der Waals surface area (Å²) in [7, 11) is 0. The summed E-state index contributed by atoms with van der Waals surface area (Å²) in [5.41, 5.74) is 2.30. The molecule has 124 valence electrons. The van der Waals surface area contributed by atoms with Gasteiger partial charge in [0.1, 0.15) is 6.04 Å². The molecule has 0 aliphatic heterocycles. The van der Waals surface area contributed by atoms with Crippen LogP contribution in [0.3, 0.4) is 0 Å². The van der Waals surface area contributed by atoms with E-state index < -0.39 is 6.04 Å². The molecule has 0 bridgehead atoms. The third kappa shape index (κ3) is 4.35. The van der Waals surface area contributed by atoms with E-state index in [4.69, 9.17) is 0 Å². The van der Waals surface area contributed by atoms with Crippen molar-refractivity contribution in [2.75, 3.05) is 16.0 Å². The van der Waals surface area contributed by atoms with Crippen molar-refractivity contribution < 1.29 is 9.59 Å². The molecule has 1 aliphatic carbocycles. The van der Waals surface area contributed by atoms with E-state index >= 15 is 0 Å². The Morgan fingerprint density at radius 3 is 2.29 bits per heavy atom. The topological polar surface area (TPSA) is 70.2 Å². The van der Waals surface area contributed by atoms with Gasteiger partial charge in [-0.05, 0) is 50.1 Å². The van der Waals surface area contributed by atoms with E-state index in [-0.39, 0.29) is 17.7 Å². The van der Waals surface area contributed by atoms with Crippen LogP contribution in [0, 0.1) is 5.92 Å². The van der Waals surface area contributed by atoms with Gasteiger partial charge in [-0.25, -0.2) is 0 Å². The lowest BCUT2D eigenvalue weighted by Crippen LogP contribution is -2.31. The van der Waals surface area contributed by atoms with Crippen LogP contribution in [0.4, 0.5) is 17.1 Å². The number of anilines is 3. The summed E-state index contributed by atoms with van der Waals surface area (Å²) >= 11 is 0.